The normalized spacial score (nSPS) is 22.4. The maximum atomic E-state index is 10.1. The Morgan fingerprint density at radius 1 is 1.26 bits per heavy atom. The van der Waals surface area contributed by atoms with E-state index in [1.54, 1.807) is 6.33 Å². The Kier molecular flexibility index (Phi) is 5.49. The van der Waals surface area contributed by atoms with Gasteiger partial charge < -0.3 is 20.1 Å². The van der Waals surface area contributed by atoms with Gasteiger partial charge in [0.2, 0.25) is 5.28 Å². The van der Waals surface area contributed by atoms with Gasteiger partial charge in [-0.05, 0) is 64.7 Å². The molecule has 1 saturated carbocycles. The van der Waals surface area contributed by atoms with E-state index < -0.39 is 12.2 Å². The molecule has 142 valence electrons. The molecule has 27 heavy (non-hydrogen) atoms. The predicted octanol–water partition coefficient (Wildman–Crippen LogP) is 2.83. The molecule has 0 spiro atoms. The average Bonchev–Trinajstić information content (AvgIpc) is 3.18. The third-order valence-corrected chi connectivity index (χ3v) is 5.77. The van der Waals surface area contributed by atoms with Crippen molar-refractivity contribution in [3.05, 3.63) is 45.0 Å². The van der Waals surface area contributed by atoms with Crippen LogP contribution in [0.4, 0.5) is 5.82 Å². The first-order valence-corrected chi connectivity index (χ1v) is 10.2. The van der Waals surface area contributed by atoms with Gasteiger partial charge in [0.05, 0.1) is 18.5 Å². The van der Waals surface area contributed by atoms with Crippen LogP contribution >= 0.6 is 34.2 Å². The molecule has 0 amide bonds. The molecule has 1 aromatic carbocycles. The lowest BCUT2D eigenvalue weighted by Crippen LogP contribution is -2.27. The summed E-state index contributed by atoms with van der Waals surface area (Å²) in [5, 5.41) is 23.3. The highest BCUT2D eigenvalue weighted by Gasteiger charge is 2.33. The Morgan fingerprint density at radius 2 is 2.11 bits per heavy atom. The molecule has 1 fully saturated rings. The van der Waals surface area contributed by atoms with Crippen molar-refractivity contribution in [1.29, 1.82) is 0 Å². The van der Waals surface area contributed by atoms with Crippen LogP contribution in [0.25, 0.3) is 11.2 Å². The highest BCUT2D eigenvalue weighted by atomic mass is 127. The molecule has 0 unspecified atom stereocenters. The summed E-state index contributed by atoms with van der Waals surface area (Å²) in [6, 6.07) is 8.19. The van der Waals surface area contributed by atoms with Gasteiger partial charge in [0.15, 0.2) is 17.0 Å². The molecule has 0 saturated heterocycles. The first kappa shape index (κ1) is 18.9. The number of aliphatic hydroxyl groups excluding tert-OH is 2. The second-order valence-electron chi connectivity index (χ2n) is 6.79. The van der Waals surface area contributed by atoms with Crippen LogP contribution in [-0.4, -0.2) is 41.9 Å². The van der Waals surface area contributed by atoms with Gasteiger partial charge in [-0.3, -0.25) is 0 Å². The summed E-state index contributed by atoms with van der Waals surface area (Å²) in [5.41, 5.74) is 2.39. The number of aromatic nitrogens is 4. The van der Waals surface area contributed by atoms with Crippen LogP contribution < -0.4 is 5.32 Å². The molecule has 7 nitrogen and oxygen atoms in total. The summed E-state index contributed by atoms with van der Waals surface area (Å²) in [7, 11) is 0. The van der Waals surface area contributed by atoms with Gasteiger partial charge >= 0.3 is 0 Å². The third kappa shape index (κ3) is 4.03. The second-order valence-corrected chi connectivity index (χ2v) is 8.37. The Labute approximate surface area is 175 Å². The van der Waals surface area contributed by atoms with Crippen molar-refractivity contribution in [2.75, 3.05) is 5.32 Å². The number of anilines is 1. The highest BCUT2D eigenvalue weighted by Crippen LogP contribution is 2.29. The van der Waals surface area contributed by atoms with Crippen molar-refractivity contribution in [2.24, 2.45) is 5.92 Å². The predicted molar refractivity (Wildman–Crippen MR) is 112 cm³/mol. The Bertz CT molecular complexity index is 966. The lowest BCUT2D eigenvalue weighted by atomic mass is 10.1. The van der Waals surface area contributed by atoms with Crippen LogP contribution in [-0.2, 0) is 13.1 Å². The topological polar surface area (TPSA) is 96.1 Å². The number of imidazole rings is 1. The number of benzene rings is 1. The van der Waals surface area contributed by atoms with Crippen molar-refractivity contribution in [3.8, 4) is 0 Å². The lowest BCUT2D eigenvalue weighted by Gasteiger charge is -2.17. The van der Waals surface area contributed by atoms with E-state index in [-0.39, 0.29) is 11.2 Å². The molecule has 2 aromatic heterocycles. The smallest absolute Gasteiger partial charge is 0.226 e. The lowest BCUT2D eigenvalue weighted by molar-refractivity contribution is 0.0171. The van der Waals surface area contributed by atoms with E-state index in [2.05, 4.69) is 48.9 Å². The average molecular weight is 500 g/mol. The quantitative estimate of drug-likeness (QED) is 0.369. The molecule has 9 heteroatoms. The van der Waals surface area contributed by atoms with Gasteiger partial charge in [-0.2, -0.15) is 9.97 Å². The summed E-state index contributed by atoms with van der Waals surface area (Å²) in [5.74, 6) is 0.545. The molecule has 3 atom stereocenters. The summed E-state index contributed by atoms with van der Waals surface area (Å²) in [6.45, 7) is 1.12. The SMILES string of the molecule is O[C@H]1[C@H](Cn2cnc3c(NCc4cccc(I)c4)nc(Cl)nc32)CC[C@H]1O. The van der Waals surface area contributed by atoms with Crippen LogP contribution in [0.5, 0.6) is 0 Å². The molecule has 4 rings (SSSR count). The van der Waals surface area contributed by atoms with Crippen molar-refractivity contribution >= 4 is 51.2 Å². The van der Waals surface area contributed by atoms with E-state index in [0.29, 0.717) is 36.5 Å². The zero-order valence-electron chi connectivity index (χ0n) is 14.4. The Hall–Kier alpha value is -1.49. The monoisotopic (exact) mass is 499 g/mol. The van der Waals surface area contributed by atoms with Gasteiger partial charge in [0.25, 0.3) is 0 Å². The fourth-order valence-electron chi connectivity index (χ4n) is 3.50. The first-order chi connectivity index (χ1) is 13.0. The third-order valence-electron chi connectivity index (χ3n) is 4.93. The molecule has 3 aromatic rings. The van der Waals surface area contributed by atoms with Crippen molar-refractivity contribution in [2.45, 2.75) is 38.1 Å². The van der Waals surface area contributed by atoms with Crippen LogP contribution in [0, 0.1) is 9.49 Å². The number of halogens is 2. The van der Waals surface area contributed by atoms with Crippen LogP contribution in [0.1, 0.15) is 18.4 Å². The van der Waals surface area contributed by atoms with Gasteiger partial charge in [0.1, 0.15) is 0 Å². The van der Waals surface area contributed by atoms with Crippen LogP contribution in [0.3, 0.4) is 0 Å². The fourth-order valence-corrected chi connectivity index (χ4v) is 4.27. The zero-order chi connectivity index (χ0) is 19.0. The summed E-state index contributed by atoms with van der Waals surface area (Å²) in [6.07, 6.45) is 1.67. The largest absolute Gasteiger partial charge is 0.390 e. The summed E-state index contributed by atoms with van der Waals surface area (Å²) >= 11 is 8.41. The molecular weight excluding hydrogens is 481 g/mol. The molecule has 0 aliphatic heterocycles. The maximum absolute atomic E-state index is 10.1. The summed E-state index contributed by atoms with van der Waals surface area (Å²) < 4.78 is 3.03. The minimum Gasteiger partial charge on any atom is -0.390 e. The van der Waals surface area contributed by atoms with Crippen LogP contribution in [0.15, 0.2) is 30.6 Å². The van der Waals surface area contributed by atoms with E-state index in [9.17, 15) is 10.2 Å². The minimum absolute atomic E-state index is 0.0334. The molecule has 1 aliphatic carbocycles. The van der Waals surface area contributed by atoms with E-state index in [1.807, 2.05) is 22.8 Å². The Balaban J connectivity index is 1.58. The van der Waals surface area contributed by atoms with E-state index in [1.165, 1.54) is 3.57 Å². The standard InChI is InChI=1S/C18H19ClIN5O2/c19-18-23-16(21-7-10-2-1-3-12(20)6-10)14-17(24-18)25(9-22-14)8-11-4-5-13(26)15(11)27/h1-3,6,9,11,13,15,26-27H,4-5,7-8H2,(H,21,23,24)/t11-,13+,15-/m0/s1. The van der Waals surface area contributed by atoms with E-state index in [0.717, 1.165) is 12.0 Å². The molecule has 2 heterocycles. The first-order valence-electron chi connectivity index (χ1n) is 8.74. The van der Waals surface area contributed by atoms with Crippen LogP contribution in [0.2, 0.25) is 5.28 Å². The zero-order valence-corrected chi connectivity index (χ0v) is 17.3. The molecule has 1 aliphatic rings. The number of hydrogen-bond acceptors (Lipinski definition) is 6. The molecule has 0 radical (unpaired) electrons. The van der Waals surface area contributed by atoms with Crippen molar-refractivity contribution in [3.63, 3.8) is 0 Å². The highest BCUT2D eigenvalue weighted by molar-refractivity contribution is 14.1. The number of aliphatic hydroxyl groups is 2. The van der Waals surface area contributed by atoms with Crippen molar-refractivity contribution < 1.29 is 10.2 Å². The minimum atomic E-state index is -0.724. The van der Waals surface area contributed by atoms with Gasteiger partial charge in [0, 0.05) is 22.6 Å². The fraction of sp³-hybridized carbons (Fsp3) is 0.389. The van der Waals surface area contributed by atoms with E-state index in [4.69, 9.17) is 11.6 Å². The van der Waals surface area contributed by atoms with Gasteiger partial charge in [-0.1, -0.05) is 12.1 Å². The summed E-state index contributed by atoms with van der Waals surface area (Å²) in [4.78, 5) is 13.1. The van der Waals surface area contributed by atoms with Gasteiger partial charge in [-0.15, -0.1) is 0 Å². The number of nitrogens with one attached hydrogen (secondary N) is 1. The van der Waals surface area contributed by atoms with Crippen molar-refractivity contribution in [1.82, 2.24) is 19.5 Å². The molecule has 3 N–H and O–H groups in total. The van der Waals surface area contributed by atoms with E-state index >= 15 is 0 Å². The number of fused-ring (bicyclic) bond motifs is 1. The molecule has 0 bridgehead atoms. The number of nitrogens with zero attached hydrogens (tertiary/aromatic N) is 4. The molecular formula is C18H19ClIN5O2. The second kappa shape index (κ2) is 7.86. The maximum Gasteiger partial charge on any atom is 0.226 e. The number of rotatable bonds is 5. The number of hydrogen-bond donors (Lipinski definition) is 3. The Morgan fingerprint density at radius 3 is 2.85 bits per heavy atom. The van der Waals surface area contributed by atoms with Gasteiger partial charge in [-0.25, -0.2) is 4.98 Å².